The first-order valence-electron chi connectivity index (χ1n) is 9.96. The van der Waals surface area contributed by atoms with Crippen molar-refractivity contribution in [1.29, 1.82) is 0 Å². The van der Waals surface area contributed by atoms with Gasteiger partial charge in [-0.2, -0.15) is 0 Å². The van der Waals surface area contributed by atoms with E-state index in [1.807, 2.05) is 0 Å². The number of carbonyl (C=O) groups excluding carboxylic acids is 3. The summed E-state index contributed by atoms with van der Waals surface area (Å²) in [5.74, 6) is -4.24. The maximum absolute atomic E-state index is 13.1. The van der Waals surface area contributed by atoms with Crippen LogP contribution in [0.25, 0.3) is 0 Å². The Bertz CT molecular complexity index is 1060. The molecule has 0 aliphatic heterocycles. The highest BCUT2D eigenvalue weighted by Gasteiger charge is 2.25. The molecule has 6 nitrogen and oxygen atoms in total. The van der Waals surface area contributed by atoms with Crippen LogP contribution in [0.4, 0.5) is 30.2 Å². The van der Waals surface area contributed by atoms with Gasteiger partial charge in [0.2, 0.25) is 17.7 Å². The van der Waals surface area contributed by atoms with Crippen LogP contribution >= 0.6 is 0 Å². The van der Waals surface area contributed by atoms with Gasteiger partial charge in [-0.05, 0) is 72.8 Å². The van der Waals surface area contributed by atoms with Crippen LogP contribution in [0.3, 0.4) is 0 Å². The van der Waals surface area contributed by atoms with Gasteiger partial charge in [-0.1, -0.05) is 0 Å². The van der Waals surface area contributed by atoms with Crippen molar-refractivity contribution in [3.05, 3.63) is 90.2 Å². The second kappa shape index (κ2) is 10.9. The summed E-state index contributed by atoms with van der Waals surface area (Å²) in [5, 5.41) is 7.65. The number of halogens is 3. The summed E-state index contributed by atoms with van der Waals surface area (Å²) in [5.41, 5.74) is 0.953. The maximum atomic E-state index is 13.1. The minimum Gasteiger partial charge on any atom is -0.326 e. The third kappa shape index (κ3) is 7.49. The summed E-state index contributed by atoms with van der Waals surface area (Å²) in [7, 11) is 0. The summed E-state index contributed by atoms with van der Waals surface area (Å²) in [4.78, 5) is 37.8. The standard InChI is InChI=1S/C24H20F3N3O3/c25-16-1-7-19(8-2-16)28-22(31)13-15(24(33)30-21-11-5-18(27)6-12-21)14-23(32)29-20-9-3-17(26)4-10-20/h1-12,15H,13-14H2,(H,28,31)(H,29,32)(H,30,33). The summed E-state index contributed by atoms with van der Waals surface area (Å²) in [6.07, 6.45) is -0.692. The van der Waals surface area contributed by atoms with Crippen LogP contribution in [0.1, 0.15) is 12.8 Å². The summed E-state index contributed by atoms with van der Waals surface area (Å²) in [6, 6.07) is 15.2. The predicted octanol–water partition coefficient (Wildman–Crippen LogP) is 4.72. The van der Waals surface area contributed by atoms with Gasteiger partial charge in [-0.25, -0.2) is 13.2 Å². The number of nitrogens with one attached hydrogen (secondary N) is 3. The van der Waals surface area contributed by atoms with Crippen LogP contribution in [-0.2, 0) is 14.4 Å². The van der Waals surface area contributed by atoms with Crippen LogP contribution in [0.5, 0.6) is 0 Å². The van der Waals surface area contributed by atoms with Gasteiger partial charge in [0.1, 0.15) is 17.5 Å². The lowest BCUT2D eigenvalue weighted by atomic mass is 9.98. The van der Waals surface area contributed by atoms with Crippen molar-refractivity contribution in [2.24, 2.45) is 5.92 Å². The van der Waals surface area contributed by atoms with Gasteiger partial charge in [-0.15, -0.1) is 0 Å². The third-order valence-corrected chi connectivity index (χ3v) is 4.60. The number of benzene rings is 3. The molecule has 3 aromatic rings. The number of amides is 3. The molecule has 0 aliphatic rings. The Labute approximate surface area is 187 Å². The van der Waals surface area contributed by atoms with E-state index in [0.717, 1.165) is 12.1 Å². The largest absolute Gasteiger partial charge is 0.326 e. The second-order valence-electron chi connectivity index (χ2n) is 7.21. The molecule has 0 heterocycles. The fourth-order valence-corrected chi connectivity index (χ4v) is 2.97. The summed E-state index contributed by atoms with van der Waals surface area (Å²) >= 11 is 0. The van der Waals surface area contributed by atoms with Gasteiger partial charge >= 0.3 is 0 Å². The zero-order chi connectivity index (χ0) is 23.8. The highest BCUT2D eigenvalue weighted by Crippen LogP contribution is 2.18. The van der Waals surface area contributed by atoms with Gasteiger partial charge in [0.05, 0.1) is 5.92 Å². The van der Waals surface area contributed by atoms with E-state index in [1.165, 1.54) is 60.7 Å². The Hall–Kier alpha value is -4.14. The lowest BCUT2D eigenvalue weighted by Gasteiger charge is -2.17. The molecule has 3 amide bonds. The molecular formula is C24H20F3N3O3. The Kier molecular flexibility index (Phi) is 7.80. The first-order valence-corrected chi connectivity index (χ1v) is 9.96. The van der Waals surface area contributed by atoms with Crippen molar-refractivity contribution >= 4 is 34.8 Å². The molecule has 170 valence electrons. The molecule has 0 fully saturated rings. The molecular weight excluding hydrogens is 435 g/mol. The van der Waals surface area contributed by atoms with Gasteiger partial charge in [0, 0.05) is 29.9 Å². The average molecular weight is 455 g/mol. The number of rotatable bonds is 8. The van der Waals surface area contributed by atoms with Gasteiger partial charge in [-0.3, -0.25) is 14.4 Å². The fourth-order valence-electron chi connectivity index (χ4n) is 2.97. The Balaban J connectivity index is 1.69. The van der Waals surface area contributed by atoms with Gasteiger partial charge < -0.3 is 16.0 Å². The van der Waals surface area contributed by atoms with Crippen LogP contribution in [0.2, 0.25) is 0 Å². The summed E-state index contributed by atoms with van der Waals surface area (Å²) in [6.45, 7) is 0. The average Bonchev–Trinajstić information content (AvgIpc) is 2.78. The normalized spacial score (nSPS) is 10.5. The van der Waals surface area contributed by atoms with Crippen LogP contribution in [0.15, 0.2) is 72.8 Å². The molecule has 33 heavy (non-hydrogen) atoms. The van der Waals surface area contributed by atoms with Crippen molar-refractivity contribution in [2.45, 2.75) is 12.8 Å². The molecule has 0 radical (unpaired) electrons. The van der Waals surface area contributed by atoms with Crippen molar-refractivity contribution in [3.63, 3.8) is 0 Å². The van der Waals surface area contributed by atoms with E-state index in [2.05, 4.69) is 16.0 Å². The van der Waals surface area contributed by atoms with Gasteiger partial charge in [0.25, 0.3) is 0 Å². The molecule has 0 spiro atoms. The Morgan fingerprint density at radius 2 is 0.848 bits per heavy atom. The highest BCUT2D eigenvalue weighted by atomic mass is 19.1. The van der Waals surface area contributed by atoms with E-state index in [-0.39, 0.29) is 12.8 Å². The zero-order valence-electron chi connectivity index (χ0n) is 17.3. The lowest BCUT2D eigenvalue weighted by molar-refractivity contribution is -0.127. The number of hydrogen-bond acceptors (Lipinski definition) is 3. The topological polar surface area (TPSA) is 87.3 Å². The SMILES string of the molecule is O=C(CC(CC(=O)Nc1ccc(F)cc1)C(=O)Nc1ccc(F)cc1)Nc1ccc(F)cc1. The highest BCUT2D eigenvalue weighted by molar-refractivity contribution is 6.01. The molecule has 0 aromatic heterocycles. The molecule has 0 bridgehead atoms. The van der Waals surface area contributed by atoms with Crippen LogP contribution in [0, 0.1) is 23.4 Å². The molecule has 0 saturated heterocycles. The number of hydrogen-bond donors (Lipinski definition) is 3. The molecule has 9 heteroatoms. The van der Waals surface area contributed by atoms with E-state index in [1.54, 1.807) is 0 Å². The molecule has 0 atom stereocenters. The van der Waals surface area contributed by atoms with Crippen molar-refractivity contribution in [1.82, 2.24) is 0 Å². The second-order valence-corrected chi connectivity index (χ2v) is 7.21. The fraction of sp³-hybridized carbons (Fsp3) is 0.125. The van der Waals surface area contributed by atoms with Crippen molar-refractivity contribution in [3.8, 4) is 0 Å². The summed E-state index contributed by atoms with van der Waals surface area (Å²) < 4.78 is 39.2. The van der Waals surface area contributed by atoms with E-state index in [4.69, 9.17) is 0 Å². The first-order chi connectivity index (χ1) is 15.8. The monoisotopic (exact) mass is 455 g/mol. The smallest absolute Gasteiger partial charge is 0.228 e. The lowest BCUT2D eigenvalue weighted by Crippen LogP contribution is -2.31. The van der Waals surface area contributed by atoms with Crippen molar-refractivity contribution in [2.75, 3.05) is 16.0 Å². The molecule has 3 N–H and O–H groups in total. The van der Waals surface area contributed by atoms with Crippen LogP contribution < -0.4 is 16.0 Å². The first kappa shape index (κ1) is 23.5. The Morgan fingerprint density at radius 3 is 1.18 bits per heavy atom. The number of anilines is 3. The zero-order valence-corrected chi connectivity index (χ0v) is 17.3. The quantitative estimate of drug-likeness (QED) is 0.460. The van der Waals surface area contributed by atoms with E-state index < -0.39 is 41.1 Å². The minimum atomic E-state index is -1.07. The molecule has 0 unspecified atom stereocenters. The predicted molar refractivity (Wildman–Crippen MR) is 118 cm³/mol. The molecule has 3 rings (SSSR count). The molecule has 0 saturated carbocycles. The van der Waals surface area contributed by atoms with Gasteiger partial charge in [0.15, 0.2) is 0 Å². The number of carbonyl (C=O) groups is 3. The van der Waals surface area contributed by atoms with Crippen LogP contribution in [-0.4, -0.2) is 17.7 Å². The molecule has 3 aromatic carbocycles. The van der Waals surface area contributed by atoms with E-state index in [9.17, 15) is 27.6 Å². The van der Waals surface area contributed by atoms with Crippen molar-refractivity contribution < 1.29 is 27.6 Å². The minimum absolute atomic E-state index is 0.296. The third-order valence-electron chi connectivity index (χ3n) is 4.60. The van der Waals surface area contributed by atoms with E-state index in [0.29, 0.717) is 17.1 Å². The van der Waals surface area contributed by atoms with E-state index >= 15 is 0 Å². The molecule has 0 aliphatic carbocycles. The Morgan fingerprint density at radius 1 is 0.545 bits per heavy atom. The maximum Gasteiger partial charge on any atom is 0.228 e.